The lowest BCUT2D eigenvalue weighted by molar-refractivity contribution is -0.671. The second kappa shape index (κ2) is 6.76. The van der Waals surface area contributed by atoms with E-state index in [2.05, 4.69) is 24.0 Å². The topological polar surface area (TPSA) is 46.1 Å². The van der Waals surface area contributed by atoms with Crippen molar-refractivity contribution in [3.8, 4) is 0 Å². The zero-order valence-corrected chi connectivity index (χ0v) is 11.2. The summed E-state index contributed by atoms with van der Waals surface area (Å²) in [7, 11) is 2.02. The number of aryl methyl sites for hydroxylation is 2. The number of aromatic carboxylic acids is 1. The van der Waals surface area contributed by atoms with Crippen molar-refractivity contribution in [1.82, 2.24) is 4.57 Å². The molecule has 0 atom stereocenters. The molecule has 1 aromatic carbocycles. The average Bonchev–Trinajstić information content (AvgIpc) is 2.76. The van der Waals surface area contributed by atoms with E-state index in [1.807, 2.05) is 17.8 Å². The van der Waals surface area contributed by atoms with E-state index >= 15 is 0 Å². The first-order valence-electron chi connectivity index (χ1n) is 5.55. The van der Waals surface area contributed by atoms with Crippen LogP contribution in [0.3, 0.4) is 0 Å². The van der Waals surface area contributed by atoms with Crippen LogP contribution in [0.2, 0.25) is 0 Å². The van der Waals surface area contributed by atoms with Gasteiger partial charge in [-0.05, 0) is 13.0 Å². The lowest BCUT2D eigenvalue weighted by atomic mass is 10.2. The molecule has 0 aliphatic rings. The Labute approximate surface area is 112 Å². The molecule has 5 heteroatoms. The third-order valence-corrected chi connectivity index (χ3v) is 2.66. The van der Waals surface area contributed by atoms with E-state index in [1.54, 1.807) is 18.2 Å². The van der Waals surface area contributed by atoms with Gasteiger partial charge < -0.3 is 17.7 Å². The minimum atomic E-state index is -0.967. The predicted octanol–water partition coefficient (Wildman–Crippen LogP) is 1.62. The molecule has 0 saturated heterocycles. The smallest absolute Gasteiger partial charge is 0.334 e. The Morgan fingerprint density at radius 3 is 2.44 bits per heavy atom. The molecule has 0 saturated carbocycles. The van der Waals surface area contributed by atoms with Crippen molar-refractivity contribution in [3.05, 3.63) is 48.5 Å². The van der Waals surface area contributed by atoms with Crippen molar-refractivity contribution >= 4 is 18.6 Å². The lowest BCUT2D eigenvalue weighted by Crippen LogP contribution is -2.23. The number of rotatable bonds is 2. The molecule has 0 aliphatic carbocycles. The number of hydrogen-bond donors (Lipinski definition) is 1. The summed E-state index contributed by atoms with van der Waals surface area (Å²) in [6, 6.07) is 6.46. The Morgan fingerprint density at radius 1 is 1.44 bits per heavy atom. The molecule has 0 unspecified atom stereocenters. The fourth-order valence-corrected chi connectivity index (χ4v) is 1.57. The van der Waals surface area contributed by atoms with Crippen LogP contribution >= 0.6 is 0 Å². The minimum absolute atomic E-state index is 0.192. The van der Waals surface area contributed by atoms with E-state index in [0.29, 0.717) is 4.90 Å². The normalized spacial score (nSPS) is 9.44. The van der Waals surface area contributed by atoms with E-state index < -0.39 is 5.97 Å². The molecule has 18 heavy (non-hydrogen) atoms. The molecule has 1 aromatic heterocycles. The van der Waals surface area contributed by atoms with Gasteiger partial charge in [0.1, 0.15) is 12.4 Å². The Morgan fingerprint density at radius 2 is 2.11 bits per heavy atom. The maximum atomic E-state index is 10.4. The maximum absolute atomic E-state index is 10.4. The monoisotopic (exact) mass is 264 g/mol. The van der Waals surface area contributed by atoms with Crippen LogP contribution in [0.15, 0.2) is 47.9 Å². The summed E-state index contributed by atoms with van der Waals surface area (Å²) in [4.78, 5) is 10.7. The molecule has 0 bridgehead atoms. The van der Waals surface area contributed by atoms with Gasteiger partial charge in [0.25, 0.3) is 0 Å². The number of benzene rings is 1. The number of nitrogens with zero attached hydrogens (tertiary/aromatic N) is 2. The number of aromatic nitrogens is 2. The number of carboxylic acids is 1. The fourth-order valence-electron chi connectivity index (χ4n) is 1.33. The molecule has 4 nitrogen and oxygen atoms in total. The van der Waals surface area contributed by atoms with Crippen molar-refractivity contribution in [2.24, 2.45) is 7.05 Å². The van der Waals surface area contributed by atoms with Gasteiger partial charge in [0, 0.05) is 5.56 Å². The van der Waals surface area contributed by atoms with Crippen LogP contribution in [-0.4, -0.2) is 15.6 Å². The van der Waals surface area contributed by atoms with Gasteiger partial charge >= 0.3 is 5.97 Å². The molecule has 2 rings (SSSR count). The Balaban J connectivity index is 0.000000184. The molecule has 0 amide bonds. The summed E-state index contributed by atoms with van der Waals surface area (Å²) in [6.07, 6.45) is 6.14. The summed E-state index contributed by atoms with van der Waals surface area (Å²) in [6.45, 7) is 3.18. The zero-order valence-electron chi connectivity index (χ0n) is 10.4. The van der Waals surface area contributed by atoms with E-state index in [1.165, 1.54) is 6.07 Å². The first-order chi connectivity index (χ1) is 8.54. The van der Waals surface area contributed by atoms with Crippen LogP contribution in [0.1, 0.15) is 17.3 Å². The first-order valence-corrected chi connectivity index (χ1v) is 5.95. The largest absolute Gasteiger partial charge is 0.779 e. The summed E-state index contributed by atoms with van der Waals surface area (Å²) in [5, 5.41) is 8.50. The van der Waals surface area contributed by atoms with Gasteiger partial charge in [-0.1, -0.05) is 18.2 Å². The Kier molecular flexibility index (Phi) is 5.32. The van der Waals surface area contributed by atoms with Gasteiger partial charge in [-0.2, -0.15) is 4.90 Å². The summed E-state index contributed by atoms with van der Waals surface area (Å²) in [5.41, 5.74) is 0.192. The molecule has 0 fully saturated rings. The molecule has 0 spiro atoms. The molecule has 96 valence electrons. The molecule has 1 N–H and O–H groups in total. The van der Waals surface area contributed by atoms with Crippen LogP contribution in [0.25, 0.3) is 0 Å². The highest BCUT2D eigenvalue weighted by Crippen LogP contribution is 2.06. The molecule has 1 heterocycles. The van der Waals surface area contributed by atoms with E-state index in [9.17, 15) is 4.79 Å². The minimum Gasteiger partial charge on any atom is -0.779 e. The number of carboxylic acid groups (broad SMARTS) is 1. The van der Waals surface area contributed by atoms with E-state index in [4.69, 9.17) is 17.7 Å². The maximum Gasteiger partial charge on any atom is 0.334 e. The zero-order chi connectivity index (χ0) is 13.5. The molecular formula is C13H16N2O2S. The van der Waals surface area contributed by atoms with Gasteiger partial charge in [-0.3, -0.25) is 0 Å². The van der Waals surface area contributed by atoms with Gasteiger partial charge in [0.15, 0.2) is 0 Å². The van der Waals surface area contributed by atoms with Crippen LogP contribution < -0.4 is 4.57 Å². The molecular weight excluding hydrogens is 248 g/mol. The standard InChI is InChI=1S/C7H6O2S.C6H11N2/c8-7(9)5-3-1-2-4-6(5)10;1-3-8-5-4-7(2)6-8/h1-4,10H,(H,8,9);4-6H,3H2,1-2H3/q;+1/p-1. The SMILES string of the molecule is CCn1cc[n+](C)c1.O=C(O)c1ccccc1[S-]. The Bertz CT molecular complexity index is 523. The van der Waals surface area contributed by atoms with Gasteiger partial charge in [-0.15, -0.1) is 0 Å². The van der Waals surface area contributed by atoms with E-state index in [0.717, 1.165) is 6.54 Å². The summed E-state index contributed by atoms with van der Waals surface area (Å²) >= 11 is 4.75. The van der Waals surface area contributed by atoms with E-state index in [-0.39, 0.29) is 5.56 Å². The van der Waals surface area contributed by atoms with Gasteiger partial charge in [-0.25, -0.2) is 13.9 Å². The number of hydrogen-bond acceptors (Lipinski definition) is 2. The number of carbonyl (C=O) groups is 1. The third kappa shape index (κ3) is 4.18. The third-order valence-electron chi connectivity index (χ3n) is 2.31. The van der Waals surface area contributed by atoms with Crippen LogP contribution in [-0.2, 0) is 26.2 Å². The Hall–Kier alpha value is -1.88. The van der Waals surface area contributed by atoms with Crippen molar-refractivity contribution in [1.29, 1.82) is 0 Å². The molecule has 0 radical (unpaired) electrons. The van der Waals surface area contributed by atoms with Crippen molar-refractivity contribution < 1.29 is 14.5 Å². The lowest BCUT2D eigenvalue weighted by Gasteiger charge is -2.07. The van der Waals surface area contributed by atoms with Gasteiger partial charge in [0.05, 0.1) is 13.6 Å². The van der Waals surface area contributed by atoms with Crippen LogP contribution in [0.5, 0.6) is 0 Å². The highest BCUT2D eigenvalue weighted by Gasteiger charge is 1.98. The fraction of sp³-hybridized carbons (Fsp3) is 0.231. The average molecular weight is 264 g/mol. The predicted molar refractivity (Wildman–Crippen MR) is 70.3 cm³/mol. The number of imidazole rings is 1. The first kappa shape index (κ1) is 14.2. The van der Waals surface area contributed by atoms with Crippen molar-refractivity contribution in [2.75, 3.05) is 0 Å². The van der Waals surface area contributed by atoms with Crippen molar-refractivity contribution in [3.63, 3.8) is 0 Å². The summed E-state index contributed by atoms with van der Waals surface area (Å²) < 4.78 is 4.16. The van der Waals surface area contributed by atoms with Crippen LogP contribution in [0, 0.1) is 0 Å². The molecule has 2 aromatic rings. The highest BCUT2D eigenvalue weighted by molar-refractivity contribution is 7.58. The second-order valence-corrected chi connectivity index (χ2v) is 4.15. The van der Waals surface area contributed by atoms with Gasteiger partial charge in [0.2, 0.25) is 6.33 Å². The quantitative estimate of drug-likeness (QED) is 0.662. The molecule has 0 aliphatic heterocycles. The summed E-state index contributed by atoms with van der Waals surface area (Å²) in [5.74, 6) is -0.967. The van der Waals surface area contributed by atoms with Crippen molar-refractivity contribution in [2.45, 2.75) is 18.4 Å². The van der Waals surface area contributed by atoms with Crippen LogP contribution in [0.4, 0.5) is 0 Å². The second-order valence-electron chi connectivity index (χ2n) is 3.71. The highest BCUT2D eigenvalue weighted by atomic mass is 32.1.